The molecule has 3 rings (SSSR count). The molecule has 0 aliphatic rings. The molecule has 0 atom stereocenters. The van der Waals surface area contributed by atoms with Crippen molar-refractivity contribution in [2.24, 2.45) is 0 Å². The summed E-state index contributed by atoms with van der Waals surface area (Å²) in [6.45, 7) is 2.38. The van der Waals surface area contributed by atoms with E-state index in [0.29, 0.717) is 17.4 Å². The van der Waals surface area contributed by atoms with Crippen molar-refractivity contribution in [1.82, 2.24) is 15.0 Å². The first kappa shape index (κ1) is 18.7. The molecule has 0 spiro atoms. The second kappa shape index (κ2) is 8.10. The summed E-state index contributed by atoms with van der Waals surface area (Å²) in [6, 6.07) is 5.46. The second-order valence-corrected chi connectivity index (χ2v) is 6.46. The van der Waals surface area contributed by atoms with Crippen molar-refractivity contribution < 1.29 is 14.8 Å². The van der Waals surface area contributed by atoms with Gasteiger partial charge in [-0.2, -0.15) is 0 Å². The van der Waals surface area contributed by atoms with Crippen LogP contribution in [0.2, 0.25) is 0 Å². The minimum atomic E-state index is -0.534. The molecular formula is C16H18N6O4S. The number of hydrogen-bond acceptors (Lipinski definition) is 10. The molecule has 11 heteroatoms. The molecule has 2 aromatic heterocycles. The third-order valence-electron chi connectivity index (χ3n) is 3.86. The van der Waals surface area contributed by atoms with Gasteiger partial charge in [-0.15, -0.1) is 0 Å². The molecule has 0 radical (unpaired) electrons. The monoisotopic (exact) mass is 390 g/mol. The lowest BCUT2D eigenvalue weighted by Gasteiger charge is -2.20. The van der Waals surface area contributed by atoms with E-state index in [1.165, 1.54) is 17.7 Å². The van der Waals surface area contributed by atoms with Gasteiger partial charge < -0.3 is 20.1 Å². The van der Waals surface area contributed by atoms with Crippen LogP contribution in [-0.2, 0) is 0 Å². The molecule has 0 bridgehead atoms. The first-order valence-electron chi connectivity index (χ1n) is 8.14. The first-order chi connectivity index (χ1) is 13.1. The zero-order valence-corrected chi connectivity index (χ0v) is 15.6. The van der Waals surface area contributed by atoms with Crippen molar-refractivity contribution in [2.45, 2.75) is 6.92 Å². The van der Waals surface area contributed by atoms with E-state index < -0.39 is 4.92 Å². The van der Waals surface area contributed by atoms with Crippen LogP contribution in [0.1, 0.15) is 6.92 Å². The lowest BCUT2D eigenvalue weighted by molar-refractivity contribution is -0.383. The number of thiazole rings is 1. The molecular weight excluding hydrogens is 372 g/mol. The highest BCUT2D eigenvalue weighted by Crippen LogP contribution is 2.36. The number of nitrogens with one attached hydrogen (secondary N) is 1. The van der Waals surface area contributed by atoms with Gasteiger partial charge in [0.25, 0.3) is 0 Å². The van der Waals surface area contributed by atoms with Gasteiger partial charge in [0.1, 0.15) is 12.1 Å². The Morgan fingerprint density at radius 3 is 2.89 bits per heavy atom. The van der Waals surface area contributed by atoms with Gasteiger partial charge in [0, 0.05) is 13.1 Å². The minimum Gasteiger partial charge on any atom is -0.497 e. The number of rotatable bonds is 8. The van der Waals surface area contributed by atoms with Crippen molar-refractivity contribution in [3.05, 3.63) is 34.6 Å². The predicted molar refractivity (Wildman–Crippen MR) is 103 cm³/mol. The maximum Gasteiger partial charge on any atom is 0.353 e. The lowest BCUT2D eigenvalue weighted by Crippen LogP contribution is -2.28. The average molecular weight is 390 g/mol. The highest BCUT2D eigenvalue weighted by molar-refractivity contribution is 7.22. The zero-order valence-electron chi connectivity index (χ0n) is 14.7. The fourth-order valence-electron chi connectivity index (χ4n) is 2.58. The standard InChI is InChI=1S/C16H18N6O4S/c1-3-21(6-7-23)15-13(22(24)25)14(17-9-18-15)20-16-19-11-5-4-10(26-2)8-12(11)27-16/h4-5,8-9,23H,3,6-7H2,1-2H3,(H,17,18,19,20). The molecule has 27 heavy (non-hydrogen) atoms. The van der Waals surface area contributed by atoms with Crippen LogP contribution >= 0.6 is 11.3 Å². The summed E-state index contributed by atoms with van der Waals surface area (Å²) < 4.78 is 6.08. The summed E-state index contributed by atoms with van der Waals surface area (Å²) in [4.78, 5) is 25.3. The van der Waals surface area contributed by atoms with Gasteiger partial charge >= 0.3 is 5.69 Å². The van der Waals surface area contributed by atoms with E-state index in [1.54, 1.807) is 18.1 Å². The summed E-state index contributed by atoms with van der Waals surface area (Å²) in [5.74, 6) is 0.903. The van der Waals surface area contributed by atoms with Gasteiger partial charge in [-0.1, -0.05) is 11.3 Å². The molecule has 10 nitrogen and oxygen atoms in total. The summed E-state index contributed by atoms with van der Waals surface area (Å²) in [7, 11) is 1.58. The van der Waals surface area contributed by atoms with Crippen molar-refractivity contribution in [3.63, 3.8) is 0 Å². The van der Waals surface area contributed by atoms with E-state index >= 15 is 0 Å². The summed E-state index contributed by atoms with van der Waals surface area (Å²) in [6.07, 6.45) is 1.25. The highest BCUT2D eigenvalue weighted by atomic mass is 32.1. The molecule has 0 aliphatic carbocycles. The van der Waals surface area contributed by atoms with Crippen molar-refractivity contribution in [2.75, 3.05) is 37.0 Å². The molecule has 0 aliphatic heterocycles. The first-order valence-corrected chi connectivity index (χ1v) is 8.95. The van der Waals surface area contributed by atoms with Crippen molar-refractivity contribution in [1.29, 1.82) is 0 Å². The Morgan fingerprint density at radius 1 is 1.41 bits per heavy atom. The number of methoxy groups -OCH3 is 1. The normalized spacial score (nSPS) is 10.8. The van der Waals surface area contributed by atoms with Gasteiger partial charge in [0.05, 0.1) is 28.9 Å². The van der Waals surface area contributed by atoms with Gasteiger partial charge in [0.15, 0.2) is 5.13 Å². The number of fused-ring (bicyclic) bond motifs is 1. The Balaban J connectivity index is 2.00. The largest absolute Gasteiger partial charge is 0.497 e. The number of ether oxygens (including phenoxy) is 1. The molecule has 142 valence electrons. The van der Waals surface area contributed by atoms with Gasteiger partial charge in [-0.25, -0.2) is 15.0 Å². The topological polar surface area (TPSA) is 127 Å². The van der Waals surface area contributed by atoms with E-state index in [4.69, 9.17) is 4.74 Å². The smallest absolute Gasteiger partial charge is 0.353 e. The van der Waals surface area contributed by atoms with E-state index in [0.717, 1.165) is 10.2 Å². The maximum absolute atomic E-state index is 11.7. The Kier molecular flexibility index (Phi) is 5.62. The number of nitro groups is 1. The fourth-order valence-corrected chi connectivity index (χ4v) is 3.47. The quantitative estimate of drug-likeness (QED) is 0.440. The second-order valence-electron chi connectivity index (χ2n) is 5.43. The van der Waals surface area contributed by atoms with Crippen LogP contribution in [0.25, 0.3) is 10.2 Å². The third-order valence-corrected chi connectivity index (χ3v) is 4.79. The zero-order chi connectivity index (χ0) is 19.4. The van der Waals surface area contributed by atoms with Gasteiger partial charge in [-0.05, 0) is 25.1 Å². The van der Waals surface area contributed by atoms with Crippen LogP contribution < -0.4 is 15.0 Å². The molecule has 0 saturated carbocycles. The predicted octanol–water partition coefficient (Wildman–Crippen LogP) is 2.57. The lowest BCUT2D eigenvalue weighted by atomic mass is 10.3. The Bertz CT molecular complexity index is 963. The van der Waals surface area contributed by atoms with E-state index in [9.17, 15) is 15.2 Å². The number of hydrogen-bond donors (Lipinski definition) is 2. The molecule has 2 N–H and O–H groups in total. The summed E-state index contributed by atoms with van der Waals surface area (Å²) in [5.41, 5.74) is 0.486. The molecule has 2 heterocycles. The van der Waals surface area contributed by atoms with Crippen LogP contribution in [0.3, 0.4) is 0 Å². The highest BCUT2D eigenvalue weighted by Gasteiger charge is 2.27. The number of aliphatic hydroxyl groups excluding tert-OH is 1. The van der Waals surface area contributed by atoms with E-state index in [1.807, 2.05) is 19.1 Å². The Labute approximate surface area is 158 Å². The Hall–Kier alpha value is -3.05. The van der Waals surface area contributed by atoms with Crippen LogP contribution in [0, 0.1) is 10.1 Å². The van der Waals surface area contributed by atoms with Gasteiger partial charge in [-0.3, -0.25) is 10.1 Å². The number of aliphatic hydroxyl groups is 1. The molecule has 0 fully saturated rings. The fraction of sp³-hybridized carbons (Fsp3) is 0.312. The maximum atomic E-state index is 11.7. The summed E-state index contributed by atoms with van der Waals surface area (Å²) >= 11 is 1.33. The number of nitrogens with zero attached hydrogens (tertiary/aromatic N) is 5. The van der Waals surface area contributed by atoms with E-state index in [2.05, 4.69) is 20.3 Å². The molecule has 0 unspecified atom stereocenters. The molecule has 3 aromatic rings. The van der Waals surface area contributed by atoms with Crippen molar-refractivity contribution >= 4 is 44.0 Å². The molecule has 1 aromatic carbocycles. The third kappa shape index (κ3) is 3.88. The average Bonchev–Trinajstić information content (AvgIpc) is 3.06. The van der Waals surface area contributed by atoms with Crippen LogP contribution in [0.4, 0.5) is 22.5 Å². The van der Waals surface area contributed by atoms with Gasteiger partial charge in [0.2, 0.25) is 11.6 Å². The molecule has 0 saturated heterocycles. The number of aromatic nitrogens is 3. The SMILES string of the molecule is CCN(CCO)c1ncnc(Nc2nc3ccc(OC)cc3s2)c1[N+](=O)[O-]. The van der Waals surface area contributed by atoms with Crippen molar-refractivity contribution in [3.8, 4) is 5.75 Å². The van der Waals surface area contributed by atoms with Crippen LogP contribution in [0.5, 0.6) is 5.75 Å². The number of likely N-dealkylation sites (N-methyl/N-ethyl adjacent to an activating group) is 1. The van der Waals surface area contributed by atoms with E-state index in [-0.39, 0.29) is 30.5 Å². The number of benzene rings is 1. The Morgan fingerprint density at radius 2 is 2.22 bits per heavy atom. The molecule has 0 amide bonds. The van der Waals surface area contributed by atoms with Crippen LogP contribution in [0.15, 0.2) is 24.5 Å². The summed E-state index contributed by atoms with van der Waals surface area (Å²) in [5, 5.41) is 24.3. The number of anilines is 3. The minimum absolute atomic E-state index is 0.0485. The van der Waals surface area contributed by atoms with Crippen LogP contribution in [-0.4, -0.2) is 51.8 Å².